The predicted octanol–water partition coefficient (Wildman–Crippen LogP) is 0.509. The number of rotatable bonds is 9. The highest BCUT2D eigenvalue weighted by atomic mass is 32.2. The first-order valence-electron chi connectivity index (χ1n) is 6.94. The lowest BCUT2D eigenvalue weighted by Gasteiger charge is -2.07. The summed E-state index contributed by atoms with van der Waals surface area (Å²) in [5.74, 6) is -1.11. The van der Waals surface area contributed by atoms with E-state index in [9.17, 15) is 18.0 Å². The van der Waals surface area contributed by atoms with E-state index in [1.165, 1.54) is 18.2 Å². The van der Waals surface area contributed by atoms with Crippen molar-refractivity contribution in [3.63, 3.8) is 0 Å². The van der Waals surface area contributed by atoms with Crippen LogP contribution in [0.25, 0.3) is 0 Å². The van der Waals surface area contributed by atoms with Gasteiger partial charge in [-0.25, -0.2) is 13.1 Å². The monoisotopic (exact) mass is 340 g/mol. The zero-order chi connectivity index (χ0) is 17.3. The van der Waals surface area contributed by atoms with E-state index in [1.54, 1.807) is 12.1 Å². The Morgan fingerprint density at radius 3 is 2.52 bits per heavy atom. The van der Waals surface area contributed by atoms with Gasteiger partial charge in [-0.2, -0.15) is 0 Å². The fourth-order valence-electron chi connectivity index (χ4n) is 1.54. The van der Waals surface area contributed by atoms with Crippen LogP contribution in [-0.4, -0.2) is 40.0 Å². The van der Waals surface area contributed by atoms with Crippen molar-refractivity contribution in [1.29, 1.82) is 0 Å². The Morgan fingerprint density at radius 1 is 1.26 bits per heavy atom. The molecule has 0 spiro atoms. The molecule has 1 amide bonds. The summed E-state index contributed by atoms with van der Waals surface area (Å²) in [5.41, 5.74) is 0.947. The lowest BCUT2D eigenvalue weighted by atomic mass is 10.2. The van der Waals surface area contributed by atoms with E-state index >= 15 is 0 Å². The number of esters is 1. The Hall–Kier alpha value is -2.19. The van der Waals surface area contributed by atoms with E-state index in [0.29, 0.717) is 0 Å². The molecular weight excluding hydrogens is 320 g/mol. The van der Waals surface area contributed by atoms with Crippen molar-refractivity contribution >= 4 is 21.9 Å². The summed E-state index contributed by atoms with van der Waals surface area (Å²) in [6.07, 6.45) is 1.33. The molecule has 0 fully saturated rings. The lowest BCUT2D eigenvalue weighted by molar-refractivity contribution is -0.148. The molecule has 0 aliphatic heterocycles. The zero-order valence-electron chi connectivity index (χ0n) is 12.9. The molecule has 0 atom stereocenters. The highest BCUT2D eigenvalue weighted by Crippen LogP contribution is 2.09. The SMILES string of the molecule is C=CCNC(=O)COC(=O)CCNS(=O)(=O)c1ccc(C)cc1. The van der Waals surface area contributed by atoms with Gasteiger partial charge in [-0.1, -0.05) is 23.8 Å². The number of aryl methyl sites for hydroxylation is 1. The highest BCUT2D eigenvalue weighted by molar-refractivity contribution is 7.89. The van der Waals surface area contributed by atoms with Crippen molar-refractivity contribution in [2.24, 2.45) is 0 Å². The van der Waals surface area contributed by atoms with Gasteiger partial charge in [0.25, 0.3) is 5.91 Å². The van der Waals surface area contributed by atoms with Gasteiger partial charge in [0.15, 0.2) is 6.61 Å². The third-order valence-electron chi connectivity index (χ3n) is 2.76. The largest absolute Gasteiger partial charge is 0.456 e. The molecule has 0 saturated carbocycles. The number of hydrogen-bond donors (Lipinski definition) is 2. The van der Waals surface area contributed by atoms with Crippen LogP contribution in [0.15, 0.2) is 41.8 Å². The van der Waals surface area contributed by atoms with Crippen molar-refractivity contribution in [2.75, 3.05) is 19.7 Å². The van der Waals surface area contributed by atoms with Crippen LogP contribution in [0.5, 0.6) is 0 Å². The summed E-state index contributed by atoms with van der Waals surface area (Å²) in [6, 6.07) is 6.34. The minimum Gasteiger partial charge on any atom is -0.456 e. The van der Waals surface area contributed by atoms with Gasteiger partial charge in [0.1, 0.15) is 0 Å². The average Bonchev–Trinajstić information content (AvgIpc) is 2.51. The van der Waals surface area contributed by atoms with Crippen LogP contribution < -0.4 is 10.0 Å². The fraction of sp³-hybridized carbons (Fsp3) is 0.333. The predicted molar refractivity (Wildman–Crippen MR) is 85.2 cm³/mol. The molecule has 0 saturated heterocycles. The number of carbonyl (C=O) groups is 2. The second kappa shape index (κ2) is 9.06. The Balaban J connectivity index is 2.35. The molecule has 0 bridgehead atoms. The standard InChI is InChI=1S/C15H20N2O5S/c1-3-9-16-14(18)11-22-15(19)8-10-17-23(20,21)13-6-4-12(2)5-7-13/h3-7,17H,1,8-11H2,2H3,(H,16,18). The molecule has 0 aliphatic carbocycles. The van der Waals surface area contributed by atoms with Crippen molar-refractivity contribution < 1.29 is 22.7 Å². The summed E-state index contributed by atoms with van der Waals surface area (Å²) in [4.78, 5) is 22.8. The van der Waals surface area contributed by atoms with Gasteiger partial charge in [0, 0.05) is 13.1 Å². The van der Waals surface area contributed by atoms with E-state index in [4.69, 9.17) is 4.74 Å². The summed E-state index contributed by atoms with van der Waals surface area (Å²) < 4.78 is 31.0. The van der Waals surface area contributed by atoms with Crippen molar-refractivity contribution in [3.05, 3.63) is 42.5 Å². The fourth-order valence-corrected chi connectivity index (χ4v) is 2.58. The van der Waals surface area contributed by atoms with Gasteiger partial charge in [-0.3, -0.25) is 9.59 Å². The summed E-state index contributed by atoms with van der Waals surface area (Å²) in [5, 5.41) is 2.45. The Bertz CT molecular complexity index is 653. The maximum Gasteiger partial charge on any atom is 0.307 e. The Morgan fingerprint density at radius 2 is 1.91 bits per heavy atom. The number of ether oxygens (including phenoxy) is 1. The van der Waals surface area contributed by atoms with Crippen LogP contribution in [0.4, 0.5) is 0 Å². The molecule has 0 heterocycles. The molecule has 0 aliphatic rings. The minimum atomic E-state index is -3.66. The van der Waals surface area contributed by atoms with E-state index in [2.05, 4.69) is 16.6 Å². The molecule has 0 unspecified atom stereocenters. The quantitative estimate of drug-likeness (QED) is 0.504. The lowest BCUT2D eigenvalue weighted by Crippen LogP contribution is -2.30. The molecule has 8 heteroatoms. The smallest absolute Gasteiger partial charge is 0.307 e. The van der Waals surface area contributed by atoms with E-state index in [1.807, 2.05) is 6.92 Å². The maximum atomic E-state index is 12.0. The van der Waals surface area contributed by atoms with E-state index < -0.39 is 28.5 Å². The number of hydrogen-bond acceptors (Lipinski definition) is 5. The van der Waals surface area contributed by atoms with Crippen LogP contribution in [0.1, 0.15) is 12.0 Å². The maximum absolute atomic E-state index is 12.0. The first kappa shape index (κ1) is 18.9. The molecule has 2 N–H and O–H groups in total. The third kappa shape index (κ3) is 7.07. The van der Waals surface area contributed by atoms with Crippen molar-refractivity contribution in [2.45, 2.75) is 18.2 Å². The van der Waals surface area contributed by atoms with Crippen LogP contribution in [0, 0.1) is 6.92 Å². The third-order valence-corrected chi connectivity index (χ3v) is 4.24. The summed E-state index contributed by atoms with van der Waals surface area (Å²) in [6.45, 7) is 5.06. The molecule has 1 aromatic carbocycles. The van der Waals surface area contributed by atoms with Crippen LogP contribution in [-0.2, 0) is 24.3 Å². The number of carbonyl (C=O) groups excluding carboxylic acids is 2. The first-order valence-corrected chi connectivity index (χ1v) is 8.43. The molecule has 7 nitrogen and oxygen atoms in total. The summed E-state index contributed by atoms with van der Waals surface area (Å²) in [7, 11) is -3.66. The highest BCUT2D eigenvalue weighted by Gasteiger charge is 2.14. The minimum absolute atomic E-state index is 0.108. The number of amides is 1. The van der Waals surface area contributed by atoms with E-state index in [-0.39, 0.29) is 24.4 Å². The van der Waals surface area contributed by atoms with Gasteiger partial charge < -0.3 is 10.1 Å². The van der Waals surface area contributed by atoms with Crippen molar-refractivity contribution in [1.82, 2.24) is 10.0 Å². The average molecular weight is 340 g/mol. The second-order valence-electron chi connectivity index (χ2n) is 4.71. The van der Waals surface area contributed by atoms with Gasteiger partial charge in [-0.05, 0) is 19.1 Å². The molecule has 0 aromatic heterocycles. The number of nitrogens with one attached hydrogen (secondary N) is 2. The second-order valence-corrected chi connectivity index (χ2v) is 6.48. The summed E-state index contributed by atoms with van der Waals surface area (Å²) >= 11 is 0. The molecule has 1 rings (SSSR count). The normalized spacial score (nSPS) is 10.8. The van der Waals surface area contributed by atoms with Gasteiger partial charge >= 0.3 is 5.97 Å². The topological polar surface area (TPSA) is 102 Å². The number of benzene rings is 1. The Kier molecular flexibility index (Phi) is 7.43. The molecule has 0 radical (unpaired) electrons. The van der Waals surface area contributed by atoms with Crippen molar-refractivity contribution in [3.8, 4) is 0 Å². The zero-order valence-corrected chi connectivity index (χ0v) is 13.7. The van der Waals surface area contributed by atoms with Crippen LogP contribution in [0.3, 0.4) is 0 Å². The van der Waals surface area contributed by atoms with Gasteiger partial charge in [0.05, 0.1) is 11.3 Å². The first-order chi connectivity index (χ1) is 10.8. The Labute approximate surface area is 135 Å². The van der Waals surface area contributed by atoms with Crippen LogP contribution in [0.2, 0.25) is 0 Å². The number of sulfonamides is 1. The molecular formula is C15H20N2O5S. The van der Waals surface area contributed by atoms with Gasteiger partial charge in [0.2, 0.25) is 10.0 Å². The molecule has 126 valence electrons. The molecule has 1 aromatic rings. The molecule has 23 heavy (non-hydrogen) atoms. The van der Waals surface area contributed by atoms with E-state index in [0.717, 1.165) is 5.56 Å². The van der Waals surface area contributed by atoms with Crippen LogP contribution >= 0.6 is 0 Å². The van der Waals surface area contributed by atoms with Gasteiger partial charge in [-0.15, -0.1) is 6.58 Å².